The van der Waals surface area contributed by atoms with Gasteiger partial charge in [-0.3, -0.25) is 4.79 Å². The third-order valence-electron chi connectivity index (χ3n) is 6.46. The molecule has 1 heterocycles. The Bertz CT molecular complexity index is 727. The summed E-state index contributed by atoms with van der Waals surface area (Å²) < 4.78 is 44.9. The second-order valence-corrected chi connectivity index (χ2v) is 8.68. The molecule has 160 valence electrons. The van der Waals surface area contributed by atoms with E-state index in [2.05, 4.69) is 10.6 Å². The van der Waals surface area contributed by atoms with E-state index in [9.17, 15) is 18.0 Å². The number of amides is 1. The van der Waals surface area contributed by atoms with Gasteiger partial charge >= 0.3 is 6.18 Å². The fraction of sp³-hybridized carbons (Fsp3) is 0.682. The first-order chi connectivity index (χ1) is 13.9. The minimum atomic E-state index is -4.40. The van der Waals surface area contributed by atoms with E-state index in [1.807, 2.05) is 0 Å². The van der Waals surface area contributed by atoms with E-state index >= 15 is 0 Å². The van der Waals surface area contributed by atoms with Gasteiger partial charge in [0.05, 0.1) is 18.2 Å². The zero-order valence-electron chi connectivity index (χ0n) is 16.6. The highest BCUT2D eigenvalue weighted by molar-refractivity contribution is 5.96. The molecule has 29 heavy (non-hydrogen) atoms. The molecule has 3 aliphatic rings. The average molecular weight is 410 g/mol. The summed E-state index contributed by atoms with van der Waals surface area (Å²) in [7, 11) is 0. The topological polar surface area (TPSA) is 50.4 Å². The van der Waals surface area contributed by atoms with Gasteiger partial charge in [-0.2, -0.15) is 13.2 Å². The molecule has 4 nitrogen and oxygen atoms in total. The molecule has 0 spiro atoms. The van der Waals surface area contributed by atoms with Gasteiger partial charge in [0.2, 0.25) is 0 Å². The Morgan fingerprint density at radius 2 is 1.83 bits per heavy atom. The summed E-state index contributed by atoms with van der Waals surface area (Å²) in [6.07, 6.45) is 3.17. The molecule has 0 aromatic heterocycles. The molecule has 2 saturated carbocycles. The largest absolute Gasteiger partial charge is 0.416 e. The Morgan fingerprint density at radius 1 is 1.07 bits per heavy atom. The molecule has 7 heteroatoms. The molecular formula is C22H29F3N2O2. The SMILES string of the molecule is O=C(N[C@H]1COCC[C@@H]1NCC1CCCC1)c1ccc(C(F)(F)F)cc1C1CC1. The van der Waals surface area contributed by atoms with Crippen LogP contribution in [0, 0.1) is 5.92 Å². The van der Waals surface area contributed by atoms with Crippen molar-refractivity contribution < 1.29 is 22.7 Å². The van der Waals surface area contributed by atoms with Gasteiger partial charge in [-0.1, -0.05) is 12.8 Å². The fourth-order valence-electron chi connectivity index (χ4n) is 4.58. The summed E-state index contributed by atoms with van der Waals surface area (Å²) in [4.78, 5) is 13.0. The van der Waals surface area contributed by atoms with Crippen LogP contribution in [0.15, 0.2) is 18.2 Å². The van der Waals surface area contributed by atoms with Crippen molar-refractivity contribution in [1.29, 1.82) is 0 Å². The molecule has 1 aromatic carbocycles. The minimum absolute atomic E-state index is 0.0527. The molecule has 3 fully saturated rings. The lowest BCUT2D eigenvalue weighted by molar-refractivity contribution is -0.137. The maximum atomic E-state index is 13.1. The quantitative estimate of drug-likeness (QED) is 0.737. The Morgan fingerprint density at radius 3 is 2.52 bits per heavy atom. The van der Waals surface area contributed by atoms with Crippen molar-refractivity contribution in [3.05, 3.63) is 34.9 Å². The molecule has 0 radical (unpaired) electrons. The van der Waals surface area contributed by atoms with Crippen molar-refractivity contribution in [2.75, 3.05) is 19.8 Å². The zero-order valence-corrected chi connectivity index (χ0v) is 16.6. The molecular weight excluding hydrogens is 381 g/mol. The monoisotopic (exact) mass is 410 g/mol. The summed E-state index contributed by atoms with van der Waals surface area (Å²) in [5.74, 6) is 0.450. The number of hydrogen-bond acceptors (Lipinski definition) is 3. The van der Waals surface area contributed by atoms with Gasteiger partial charge in [0.15, 0.2) is 0 Å². The van der Waals surface area contributed by atoms with Crippen LogP contribution in [0.3, 0.4) is 0 Å². The summed E-state index contributed by atoms with van der Waals surface area (Å²) >= 11 is 0. The number of hydrogen-bond donors (Lipinski definition) is 2. The van der Waals surface area contributed by atoms with Crippen molar-refractivity contribution in [3.8, 4) is 0 Å². The van der Waals surface area contributed by atoms with E-state index in [4.69, 9.17) is 4.74 Å². The first-order valence-corrected chi connectivity index (χ1v) is 10.7. The maximum Gasteiger partial charge on any atom is 0.416 e. The lowest BCUT2D eigenvalue weighted by Gasteiger charge is -2.34. The predicted molar refractivity (Wildman–Crippen MR) is 104 cm³/mol. The highest BCUT2D eigenvalue weighted by atomic mass is 19.4. The van der Waals surface area contributed by atoms with Crippen LogP contribution in [0.2, 0.25) is 0 Å². The van der Waals surface area contributed by atoms with Gasteiger partial charge in [0, 0.05) is 18.2 Å². The van der Waals surface area contributed by atoms with Gasteiger partial charge in [0.1, 0.15) is 0 Å². The fourth-order valence-corrected chi connectivity index (χ4v) is 4.58. The van der Waals surface area contributed by atoms with Crippen LogP contribution in [-0.4, -0.2) is 37.7 Å². The number of nitrogens with one attached hydrogen (secondary N) is 2. The standard InChI is InChI=1S/C22H29F3N2O2/c23-22(24,25)16-7-8-17(18(11-16)15-5-6-15)21(28)27-20-13-29-10-9-19(20)26-12-14-3-1-2-4-14/h7-8,11,14-15,19-20,26H,1-6,9-10,12-13H2,(H,27,28)/t19-,20-/m0/s1. The van der Waals surface area contributed by atoms with Crippen molar-refractivity contribution in [2.24, 2.45) is 5.92 Å². The molecule has 2 N–H and O–H groups in total. The Hall–Kier alpha value is -1.60. The van der Waals surface area contributed by atoms with E-state index in [-0.39, 0.29) is 23.9 Å². The van der Waals surface area contributed by atoms with E-state index in [1.165, 1.54) is 31.7 Å². The number of benzene rings is 1. The van der Waals surface area contributed by atoms with Gasteiger partial charge in [-0.15, -0.1) is 0 Å². The first kappa shape index (κ1) is 20.7. The molecule has 4 rings (SSSR count). The normalized spacial score (nSPS) is 25.9. The third kappa shape index (κ3) is 5.12. The smallest absolute Gasteiger partial charge is 0.379 e. The molecule has 1 aromatic rings. The summed E-state index contributed by atoms with van der Waals surface area (Å²) in [6, 6.07) is 3.45. The average Bonchev–Trinajstić information content (AvgIpc) is 3.41. The van der Waals surface area contributed by atoms with E-state index in [1.54, 1.807) is 0 Å². The zero-order chi connectivity index (χ0) is 20.4. The van der Waals surface area contributed by atoms with Gasteiger partial charge in [-0.05, 0) is 74.2 Å². The molecule has 0 bridgehead atoms. The predicted octanol–water partition coefficient (Wildman–Crippen LogP) is 4.25. The van der Waals surface area contributed by atoms with Crippen LogP contribution in [0.5, 0.6) is 0 Å². The summed E-state index contributed by atoms with van der Waals surface area (Å²) in [5.41, 5.74) is 0.193. The van der Waals surface area contributed by atoms with Gasteiger partial charge in [-0.25, -0.2) is 0 Å². The first-order valence-electron chi connectivity index (χ1n) is 10.7. The molecule has 1 amide bonds. The van der Waals surface area contributed by atoms with E-state index < -0.39 is 11.7 Å². The van der Waals surface area contributed by atoms with Crippen molar-refractivity contribution in [1.82, 2.24) is 10.6 Å². The van der Waals surface area contributed by atoms with Crippen LogP contribution in [0.25, 0.3) is 0 Å². The lowest BCUT2D eigenvalue weighted by Crippen LogP contribution is -2.56. The van der Waals surface area contributed by atoms with Gasteiger partial charge in [0.25, 0.3) is 5.91 Å². The number of alkyl halides is 3. The second-order valence-electron chi connectivity index (χ2n) is 8.68. The Kier molecular flexibility index (Phi) is 6.16. The molecule has 2 atom stereocenters. The van der Waals surface area contributed by atoms with Crippen molar-refractivity contribution >= 4 is 5.91 Å². The van der Waals surface area contributed by atoms with E-state index in [0.29, 0.717) is 30.3 Å². The molecule has 2 aliphatic carbocycles. The van der Waals surface area contributed by atoms with Crippen LogP contribution < -0.4 is 10.6 Å². The number of carbonyl (C=O) groups is 1. The number of ether oxygens (including phenoxy) is 1. The lowest BCUT2D eigenvalue weighted by atomic mass is 9.97. The highest BCUT2D eigenvalue weighted by Crippen LogP contribution is 2.43. The van der Waals surface area contributed by atoms with Crippen LogP contribution >= 0.6 is 0 Å². The summed E-state index contributed by atoms with van der Waals surface area (Å²) in [5, 5.41) is 6.64. The third-order valence-corrected chi connectivity index (χ3v) is 6.46. The highest BCUT2D eigenvalue weighted by Gasteiger charge is 2.36. The second kappa shape index (κ2) is 8.64. The molecule has 0 unspecified atom stereocenters. The molecule has 1 aliphatic heterocycles. The van der Waals surface area contributed by atoms with E-state index in [0.717, 1.165) is 37.9 Å². The number of carbonyl (C=O) groups excluding carboxylic acids is 1. The van der Waals surface area contributed by atoms with Crippen molar-refractivity contribution in [3.63, 3.8) is 0 Å². The van der Waals surface area contributed by atoms with Crippen molar-refractivity contribution in [2.45, 2.75) is 69.1 Å². The molecule has 1 saturated heterocycles. The Labute approximate surface area is 169 Å². The van der Waals surface area contributed by atoms with Crippen LogP contribution in [-0.2, 0) is 10.9 Å². The van der Waals surface area contributed by atoms with Gasteiger partial charge < -0.3 is 15.4 Å². The maximum absolute atomic E-state index is 13.1. The number of rotatable bonds is 6. The van der Waals surface area contributed by atoms with Crippen LogP contribution in [0.4, 0.5) is 13.2 Å². The summed E-state index contributed by atoms with van der Waals surface area (Å²) in [6.45, 7) is 2.03. The van der Waals surface area contributed by atoms with Crippen LogP contribution in [0.1, 0.15) is 72.3 Å². The number of halogens is 3. The minimum Gasteiger partial charge on any atom is -0.379 e. The Balaban J connectivity index is 1.44.